The molecule has 0 aliphatic rings. The molecule has 4 nitrogen and oxygen atoms in total. The quantitative estimate of drug-likeness (QED) is 0.761. The van der Waals surface area contributed by atoms with Crippen molar-refractivity contribution in [2.45, 2.75) is 13.5 Å². The summed E-state index contributed by atoms with van der Waals surface area (Å²) in [6.07, 6.45) is 1.94. The van der Waals surface area contributed by atoms with Crippen molar-refractivity contribution in [3.63, 3.8) is 0 Å². The molecule has 0 N–H and O–H groups in total. The Morgan fingerprint density at radius 1 is 1.33 bits per heavy atom. The first kappa shape index (κ1) is 9.71. The zero-order chi connectivity index (χ0) is 10.7. The number of aryl methyl sites for hydroxylation is 1. The van der Waals surface area contributed by atoms with Crippen LogP contribution in [0.15, 0.2) is 30.5 Å². The molecule has 0 aromatic carbocycles. The molecule has 2 aromatic rings. The van der Waals surface area contributed by atoms with E-state index in [0.29, 0.717) is 12.4 Å². The molecule has 0 atom stereocenters. The molecule has 0 bridgehead atoms. The van der Waals surface area contributed by atoms with Crippen LogP contribution in [-0.4, -0.2) is 21.9 Å². The maximum atomic E-state index is 5.06. The molecule has 0 aliphatic carbocycles. The van der Waals surface area contributed by atoms with Crippen molar-refractivity contribution in [3.05, 3.63) is 41.9 Å². The Hall–Kier alpha value is -1.84. The Labute approximate surface area is 88.5 Å². The smallest absolute Gasteiger partial charge is 0.213 e. The molecule has 0 radical (unpaired) electrons. The zero-order valence-electron chi connectivity index (χ0n) is 8.84. The normalized spacial score (nSPS) is 10.3. The van der Waals surface area contributed by atoms with Crippen LogP contribution in [0.5, 0.6) is 5.88 Å². The van der Waals surface area contributed by atoms with E-state index in [-0.39, 0.29) is 0 Å². The van der Waals surface area contributed by atoms with Crippen LogP contribution in [0.3, 0.4) is 0 Å². The molecular weight excluding hydrogens is 190 g/mol. The van der Waals surface area contributed by atoms with E-state index in [2.05, 4.69) is 10.1 Å². The fraction of sp³-hybridized carbons (Fsp3) is 0.273. The van der Waals surface area contributed by atoms with Gasteiger partial charge in [-0.25, -0.2) is 4.98 Å². The largest absolute Gasteiger partial charge is 0.481 e. The van der Waals surface area contributed by atoms with Crippen LogP contribution >= 0.6 is 0 Å². The van der Waals surface area contributed by atoms with Gasteiger partial charge in [-0.1, -0.05) is 6.07 Å². The van der Waals surface area contributed by atoms with Crippen LogP contribution in [-0.2, 0) is 6.54 Å². The van der Waals surface area contributed by atoms with Crippen molar-refractivity contribution in [2.24, 2.45) is 0 Å². The lowest BCUT2D eigenvalue weighted by molar-refractivity contribution is 0.395. The predicted octanol–water partition coefficient (Wildman–Crippen LogP) is 1.64. The first-order chi connectivity index (χ1) is 7.28. The number of hydrogen-bond donors (Lipinski definition) is 0. The van der Waals surface area contributed by atoms with Gasteiger partial charge in [-0.05, 0) is 19.1 Å². The van der Waals surface area contributed by atoms with E-state index in [1.54, 1.807) is 7.11 Å². The van der Waals surface area contributed by atoms with E-state index in [9.17, 15) is 0 Å². The standard InChI is InChI=1S/C11H13N3O/c1-9-6-7-14(13-9)8-10-4-3-5-11(12-10)15-2/h3-7H,8H2,1-2H3. The number of methoxy groups -OCH3 is 1. The highest BCUT2D eigenvalue weighted by Gasteiger charge is 1.99. The third kappa shape index (κ3) is 2.34. The summed E-state index contributed by atoms with van der Waals surface area (Å²) in [5, 5.41) is 4.30. The van der Waals surface area contributed by atoms with Gasteiger partial charge in [-0.15, -0.1) is 0 Å². The summed E-state index contributed by atoms with van der Waals surface area (Å²) in [4.78, 5) is 4.31. The zero-order valence-corrected chi connectivity index (χ0v) is 8.84. The van der Waals surface area contributed by atoms with Crippen molar-refractivity contribution >= 4 is 0 Å². The molecule has 0 spiro atoms. The molecule has 0 amide bonds. The van der Waals surface area contributed by atoms with E-state index in [1.165, 1.54) is 0 Å². The van der Waals surface area contributed by atoms with Crippen molar-refractivity contribution in [1.82, 2.24) is 14.8 Å². The first-order valence-electron chi connectivity index (χ1n) is 4.78. The van der Waals surface area contributed by atoms with Gasteiger partial charge < -0.3 is 4.74 Å². The van der Waals surface area contributed by atoms with Crippen LogP contribution in [0, 0.1) is 6.92 Å². The SMILES string of the molecule is COc1cccc(Cn2ccc(C)n2)n1. The Balaban J connectivity index is 2.16. The number of aromatic nitrogens is 3. The number of hydrogen-bond acceptors (Lipinski definition) is 3. The predicted molar refractivity (Wildman–Crippen MR) is 56.9 cm³/mol. The third-order valence-electron chi connectivity index (χ3n) is 2.09. The van der Waals surface area contributed by atoms with Crippen molar-refractivity contribution in [3.8, 4) is 5.88 Å². The van der Waals surface area contributed by atoms with E-state index < -0.39 is 0 Å². The summed E-state index contributed by atoms with van der Waals surface area (Å²) in [5.74, 6) is 0.636. The average Bonchev–Trinajstić information content (AvgIpc) is 2.64. The molecule has 0 saturated heterocycles. The highest BCUT2D eigenvalue weighted by Crippen LogP contribution is 2.07. The summed E-state index contributed by atoms with van der Waals surface area (Å²) in [6, 6.07) is 7.69. The lowest BCUT2D eigenvalue weighted by atomic mass is 10.3. The number of ether oxygens (including phenoxy) is 1. The van der Waals surface area contributed by atoms with Crippen LogP contribution in [0.4, 0.5) is 0 Å². The lowest BCUT2D eigenvalue weighted by Crippen LogP contribution is -2.03. The van der Waals surface area contributed by atoms with Gasteiger partial charge >= 0.3 is 0 Å². The summed E-state index contributed by atoms with van der Waals surface area (Å²) in [6.45, 7) is 2.64. The second-order valence-corrected chi connectivity index (χ2v) is 3.33. The van der Waals surface area contributed by atoms with Crippen LogP contribution in [0.1, 0.15) is 11.4 Å². The number of pyridine rings is 1. The van der Waals surface area contributed by atoms with Gasteiger partial charge in [0.05, 0.1) is 25.0 Å². The van der Waals surface area contributed by atoms with Gasteiger partial charge in [0.25, 0.3) is 0 Å². The molecule has 2 heterocycles. The highest BCUT2D eigenvalue weighted by atomic mass is 16.5. The Bertz CT molecular complexity index is 451. The van der Waals surface area contributed by atoms with Crippen molar-refractivity contribution in [1.29, 1.82) is 0 Å². The van der Waals surface area contributed by atoms with E-state index >= 15 is 0 Å². The van der Waals surface area contributed by atoms with Gasteiger partial charge in [-0.3, -0.25) is 4.68 Å². The highest BCUT2D eigenvalue weighted by molar-refractivity contribution is 5.15. The maximum absolute atomic E-state index is 5.06. The van der Waals surface area contributed by atoms with Gasteiger partial charge in [0.15, 0.2) is 0 Å². The third-order valence-corrected chi connectivity index (χ3v) is 2.09. The molecule has 0 unspecified atom stereocenters. The molecule has 2 rings (SSSR count). The van der Waals surface area contributed by atoms with E-state index in [0.717, 1.165) is 11.4 Å². The minimum Gasteiger partial charge on any atom is -0.481 e. The summed E-state index contributed by atoms with van der Waals surface area (Å²) in [7, 11) is 1.62. The Morgan fingerprint density at radius 3 is 2.87 bits per heavy atom. The maximum Gasteiger partial charge on any atom is 0.213 e. The minimum atomic E-state index is 0.636. The Kier molecular flexibility index (Phi) is 2.67. The van der Waals surface area contributed by atoms with Gasteiger partial charge in [0.1, 0.15) is 0 Å². The molecule has 78 valence electrons. The van der Waals surface area contributed by atoms with Crippen LogP contribution in [0.2, 0.25) is 0 Å². The second-order valence-electron chi connectivity index (χ2n) is 3.33. The molecule has 0 fully saturated rings. The molecule has 15 heavy (non-hydrogen) atoms. The summed E-state index contributed by atoms with van der Waals surface area (Å²) >= 11 is 0. The first-order valence-corrected chi connectivity index (χ1v) is 4.78. The monoisotopic (exact) mass is 203 g/mol. The number of nitrogens with zero attached hydrogens (tertiary/aromatic N) is 3. The fourth-order valence-electron chi connectivity index (χ4n) is 1.38. The molecule has 0 saturated carbocycles. The molecule has 4 heteroatoms. The summed E-state index contributed by atoms with van der Waals surface area (Å²) < 4.78 is 6.92. The number of rotatable bonds is 3. The van der Waals surface area contributed by atoms with Gasteiger partial charge in [0, 0.05) is 12.3 Å². The minimum absolute atomic E-state index is 0.636. The molecule has 0 aliphatic heterocycles. The van der Waals surface area contributed by atoms with Crippen molar-refractivity contribution < 1.29 is 4.74 Å². The van der Waals surface area contributed by atoms with Crippen LogP contribution < -0.4 is 4.74 Å². The van der Waals surface area contributed by atoms with Gasteiger partial charge in [0.2, 0.25) is 5.88 Å². The van der Waals surface area contributed by atoms with Gasteiger partial charge in [-0.2, -0.15) is 5.10 Å². The Morgan fingerprint density at radius 2 is 2.20 bits per heavy atom. The van der Waals surface area contributed by atoms with Crippen molar-refractivity contribution in [2.75, 3.05) is 7.11 Å². The lowest BCUT2D eigenvalue weighted by Gasteiger charge is -2.03. The summed E-state index contributed by atoms with van der Waals surface area (Å²) in [5.41, 5.74) is 1.95. The van der Waals surface area contributed by atoms with E-state index in [1.807, 2.05) is 42.1 Å². The fourth-order valence-corrected chi connectivity index (χ4v) is 1.38. The van der Waals surface area contributed by atoms with E-state index in [4.69, 9.17) is 4.74 Å². The van der Waals surface area contributed by atoms with Crippen LogP contribution in [0.25, 0.3) is 0 Å². The second kappa shape index (κ2) is 4.13. The molecular formula is C11H13N3O. The molecule has 2 aromatic heterocycles. The average molecular weight is 203 g/mol. The topological polar surface area (TPSA) is 39.9 Å².